The van der Waals surface area contributed by atoms with Crippen molar-refractivity contribution in [1.82, 2.24) is 5.32 Å². The van der Waals surface area contributed by atoms with Crippen molar-refractivity contribution in [2.24, 2.45) is 5.41 Å². The fourth-order valence-electron chi connectivity index (χ4n) is 2.72. The summed E-state index contributed by atoms with van der Waals surface area (Å²) < 4.78 is 10.2. The number of carbonyl (C=O) groups excluding carboxylic acids is 1. The molecule has 126 valence electrons. The van der Waals surface area contributed by atoms with Crippen LogP contribution in [0.3, 0.4) is 0 Å². The maximum Gasteiger partial charge on any atom is 0.341 e. The van der Waals surface area contributed by atoms with Gasteiger partial charge in [-0.1, -0.05) is 18.6 Å². The summed E-state index contributed by atoms with van der Waals surface area (Å²) in [6.07, 6.45) is 3.58. The van der Waals surface area contributed by atoms with Crippen LogP contribution < -0.4 is 10.1 Å². The average Bonchev–Trinajstić information content (AvgIpc) is 2.50. The fourth-order valence-corrected chi connectivity index (χ4v) is 2.72. The molecule has 6 nitrogen and oxygen atoms in total. The van der Waals surface area contributed by atoms with Crippen molar-refractivity contribution >= 4 is 11.9 Å². The number of hydrogen-bond donors (Lipinski definition) is 2. The summed E-state index contributed by atoms with van der Waals surface area (Å²) in [7, 11) is 1.63. The number of aliphatic carboxylic acids is 1. The molecule has 0 heterocycles. The van der Waals surface area contributed by atoms with Gasteiger partial charge >= 0.3 is 5.97 Å². The highest BCUT2D eigenvalue weighted by atomic mass is 16.5. The molecule has 0 saturated heterocycles. The Kier molecular flexibility index (Phi) is 5.98. The Balaban J connectivity index is 1.75. The Bertz CT molecular complexity index is 536. The summed E-state index contributed by atoms with van der Waals surface area (Å²) in [4.78, 5) is 22.7. The van der Waals surface area contributed by atoms with Gasteiger partial charge in [0.2, 0.25) is 5.91 Å². The van der Waals surface area contributed by atoms with Crippen molar-refractivity contribution in [3.8, 4) is 5.75 Å². The van der Waals surface area contributed by atoms with Crippen molar-refractivity contribution in [1.29, 1.82) is 0 Å². The highest BCUT2D eigenvalue weighted by Gasteiger charge is 2.43. The quantitative estimate of drug-likeness (QED) is 0.722. The molecule has 0 spiro atoms. The van der Waals surface area contributed by atoms with E-state index in [0.717, 1.165) is 24.8 Å². The number of rotatable bonds is 9. The lowest BCUT2D eigenvalue weighted by molar-refractivity contribution is -0.140. The number of ether oxygens (including phenoxy) is 2. The lowest BCUT2D eigenvalue weighted by atomic mass is 9.68. The molecule has 0 aliphatic heterocycles. The molecule has 1 saturated carbocycles. The lowest BCUT2D eigenvalue weighted by Gasteiger charge is -2.39. The van der Waals surface area contributed by atoms with E-state index in [1.54, 1.807) is 19.2 Å². The molecule has 23 heavy (non-hydrogen) atoms. The predicted molar refractivity (Wildman–Crippen MR) is 84.4 cm³/mol. The zero-order valence-corrected chi connectivity index (χ0v) is 13.3. The Hall–Kier alpha value is -2.08. The van der Waals surface area contributed by atoms with Gasteiger partial charge in [-0.2, -0.15) is 0 Å². The molecule has 1 aliphatic carbocycles. The predicted octanol–water partition coefficient (Wildman–Crippen LogP) is 1.63. The van der Waals surface area contributed by atoms with Gasteiger partial charge in [0.1, 0.15) is 5.75 Å². The number of carbonyl (C=O) groups is 2. The SMILES string of the molecule is COCC1(C(=O)NCCc2ccc(OCC(=O)O)cc2)CCC1. The van der Waals surface area contributed by atoms with Crippen LogP contribution in [-0.4, -0.2) is 43.9 Å². The minimum atomic E-state index is -1.00. The van der Waals surface area contributed by atoms with Crippen LogP contribution in [0.5, 0.6) is 5.75 Å². The molecule has 0 atom stereocenters. The maximum absolute atomic E-state index is 12.3. The third-order valence-corrected chi connectivity index (χ3v) is 4.20. The van der Waals surface area contributed by atoms with Gasteiger partial charge in [0.05, 0.1) is 12.0 Å². The normalized spacial score (nSPS) is 15.5. The molecule has 1 aliphatic rings. The van der Waals surface area contributed by atoms with Gasteiger partial charge in [-0.15, -0.1) is 0 Å². The molecule has 0 unspecified atom stereocenters. The fraction of sp³-hybridized carbons (Fsp3) is 0.529. The first kappa shape index (κ1) is 17.3. The molecule has 0 bridgehead atoms. The van der Waals surface area contributed by atoms with Crippen molar-refractivity contribution in [3.63, 3.8) is 0 Å². The second-order valence-corrected chi connectivity index (χ2v) is 5.90. The average molecular weight is 321 g/mol. The van der Waals surface area contributed by atoms with Crippen LogP contribution in [0.25, 0.3) is 0 Å². The van der Waals surface area contributed by atoms with Crippen LogP contribution in [0.4, 0.5) is 0 Å². The smallest absolute Gasteiger partial charge is 0.341 e. The summed E-state index contributed by atoms with van der Waals surface area (Å²) in [6.45, 7) is 0.699. The lowest BCUT2D eigenvalue weighted by Crippen LogP contribution is -2.49. The molecular formula is C17H23NO5. The summed E-state index contributed by atoms with van der Waals surface area (Å²) in [6, 6.07) is 7.21. The molecule has 2 rings (SSSR count). The maximum atomic E-state index is 12.3. The van der Waals surface area contributed by atoms with Gasteiger partial charge in [-0.25, -0.2) is 4.79 Å². The van der Waals surface area contributed by atoms with Crippen molar-refractivity contribution < 1.29 is 24.2 Å². The Morgan fingerprint density at radius 2 is 1.96 bits per heavy atom. The van der Waals surface area contributed by atoms with E-state index in [0.29, 0.717) is 25.3 Å². The highest BCUT2D eigenvalue weighted by Crippen LogP contribution is 2.41. The van der Waals surface area contributed by atoms with Crippen molar-refractivity contribution in [2.75, 3.05) is 26.9 Å². The first-order chi connectivity index (χ1) is 11.1. The van der Waals surface area contributed by atoms with E-state index in [2.05, 4.69) is 5.32 Å². The number of nitrogens with one attached hydrogen (secondary N) is 1. The van der Waals surface area contributed by atoms with Crippen LogP contribution in [0.1, 0.15) is 24.8 Å². The molecule has 1 fully saturated rings. The third kappa shape index (κ3) is 4.69. The Morgan fingerprint density at radius 1 is 1.26 bits per heavy atom. The second kappa shape index (κ2) is 7.97. The van der Waals surface area contributed by atoms with Gasteiger partial charge in [-0.05, 0) is 37.0 Å². The summed E-state index contributed by atoms with van der Waals surface area (Å²) in [5.74, 6) is -0.404. The van der Waals surface area contributed by atoms with Gasteiger partial charge < -0.3 is 19.9 Å². The molecule has 1 aromatic rings. The standard InChI is InChI=1S/C17H23NO5/c1-22-12-17(8-2-9-17)16(21)18-10-7-13-3-5-14(6-4-13)23-11-15(19)20/h3-6H,2,7-12H2,1H3,(H,18,21)(H,19,20). The van der Waals surface area contributed by atoms with Crippen LogP contribution >= 0.6 is 0 Å². The van der Waals surface area contributed by atoms with Crippen LogP contribution in [0, 0.1) is 5.41 Å². The second-order valence-electron chi connectivity index (χ2n) is 5.90. The minimum absolute atomic E-state index is 0.0759. The van der Waals surface area contributed by atoms with E-state index in [1.165, 1.54) is 0 Å². The highest BCUT2D eigenvalue weighted by molar-refractivity contribution is 5.83. The Morgan fingerprint density at radius 3 is 2.48 bits per heavy atom. The largest absolute Gasteiger partial charge is 0.482 e. The van der Waals surface area contributed by atoms with Crippen molar-refractivity contribution in [2.45, 2.75) is 25.7 Å². The first-order valence-electron chi connectivity index (χ1n) is 7.76. The molecule has 0 aromatic heterocycles. The number of carboxylic acids is 1. The zero-order valence-electron chi connectivity index (χ0n) is 13.3. The molecule has 1 aromatic carbocycles. The third-order valence-electron chi connectivity index (χ3n) is 4.20. The summed E-state index contributed by atoms with van der Waals surface area (Å²) in [5, 5.41) is 11.5. The monoisotopic (exact) mass is 321 g/mol. The summed E-state index contributed by atoms with van der Waals surface area (Å²) in [5.41, 5.74) is 0.728. The molecular weight excluding hydrogens is 298 g/mol. The zero-order chi connectivity index (χ0) is 16.7. The molecule has 2 N–H and O–H groups in total. The minimum Gasteiger partial charge on any atom is -0.482 e. The van der Waals surface area contributed by atoms with Gasteiger partial charge in [0.15, 0.2) is 6.61 Å². The van der Waals surface area contributed by atoms with Crippen LogP contribution in [-0.2, 0) is 20.7 Å². The molecule has 1 amide bonds. The summed E-state index contributed by atoms with van der Waals surface area (Å²) >= 11 is 0. The molecule has 6 heteroatoms. The molecule has 0 radical (unpaired) electrons. The van der Waals surface area contributed by atoms with Crippen molar-refractivity contribution in [3.05, 3.63) is 29.8 Å². The first-order valence-corrected chi connectivity index (χ1v) is 7.76. The number of carboxylic acid groups (broad SMARTS) is 1. The van der Waals surface area contributed by atoms with E-state index >= 15 is 0 Å². The van der Waals surface area contributed by atoms with Crippen LogP contribution in [0.15, 0.2) is 24.3 Å². The van der Waals surface area contributed by atoms with Gasteiger partial charge in [0.25, 0.3) is 0 Å². The van der Waals surface area contributed by atoms with Gasteiger partial charge in [-0.3, -0.25) is 4.79 Å². The number of methoxy groups -OCH3 is 1. The topological polar surface area (TPSA) is 84.9 Å². The van der Waals surface area contributed by atoms with E-state index in [-0.39, 0.29) is 17.9 Å². The number of amides is 1. The number of hydrogen-bond acceptors (Lipinski definition) is 4. The van der Waals surface area contributed by atoms with E-state index in [4.69, 9.17) is 14.6 Å². The van der Waals surface area contributed by atoms with Gasteiger partial charge in [0, 0.05) is 13.7 Å². The Labute approximate surface area is 135 Å². The van der Waals surface area contributed by atoms with E-state index in [9.17, 15) is 9.59 Å². The number of benzene rings is 1. The van der Waals surface area contributed by atoms with E-state index in [1.807, 2.05) is 12.1 Å². The van der Waals surface area contributed by atoms with Crippen LogP contribution in [0.2, 0.25) is 0 Å². The van der Waals surface area contributed by atoms with E-state index < -0.39 is 5.97 Å².